The van der Waals surface area contributed by atoms with E-state index in [1.807, 2.05) is 12.1 Å². The number of benzene rings is 4. The van der Waals surface area contributed by atoms with Crippen LogP contribution >= 0.6 is 23.2 Å². The average molecular weight is 566 g/mol. The maximum Gasteiger partial charge on any atom is 0.295 e. The molecular formula is C28H21Cl2N3O4S. The number of halogens is 2. The van der Waals surface area contributed by atoms with E-state index in [1.54, 1.807) is 42.5 Å². The van der Waals surface area contributed by atoms with Crippen molar-refractivity contribution in [3.05, 3.63) is 124 Å². The van der Waals surface area contributed by atoms with Crippen molar-refractivity contribution < 1.29 is 18.0 Å². The van der Waals surface area contributed by atoms with Gasteiger partial charge in [-0.15, -0.1) is 0 Å². The molecule has 0 saturated heterocycles. The summed E-state index contributed by atoms with van der Waals surface area (Å²) in [7, 11) is -4.22. The van der Waals surface area contributed by atoms with E-state index in [1.165, 1.54) is 42.5 Å². The summed E-state index contributed by atoms with van der Waals surface area (Å²) in [5, 5.41) is 12.2. The predicted octanol–water partition coefficient (Wildman–Crippen LogP) is 6.03. The maximum absolute atomic E-state index is 13.6. The highest BCUT2D eigenvalue weighted by atomic mass is 35.5. The fourth-order valence-corrected chi connectivity index (χ4v) is 5.16. The molecule has 7 nitrogen and oxygen atoms in total. The Morgan fingerprint density at radius 2 is 1.61 bits per heavy atom. The third-order valence-electron chi connectivity index (χ3n) is 5.46. The lowest BCUT2D eigenvalue weighted by Gasteiger charge is -2.24. The van der Waals surface area contributed by atoms with Crippen LogP contribution in [-0.4, -0.2) is 20.9 Å². The molecule has 0 spiro atoms. The Bertz CT molecular complexity index is 1570. The highest BCUT2D eigenvalue weighted by Crippen LogP contribution is 2.32. The van der Waals surface area contributed by atoms with Crippen LogP contribution in [0.3, 0.4) is 0 Å². The van der Waals surface area contributed by atoms with Gasteiger partial charge in [0.15, 0.2) is 5.75 Å². The Kier molecular flexibility index (Phi) is 8.54. The van der Waals surface area contributed by atoms with Crippen LogP contribution in [0.25, 0.3) is 0 Å². The van der Waals surface area contributed by atoms with E-state index in [2.05, 4.69) is 11.4 Å². The largest absolute Gasteiger partial charge is 0.363 e. The zero-order chi connectivity index (χ0) is 27.1. The quantitative estimate of drug-likeness (QED) is 0.250. The molecule has 0 aromatic heterocycles. The Balaban J connectivity index is 1.50. The molecule has 0 saturated carbocycles. The van der Waals surface area contributed by atoms with E-state index >= 15 is 0 Å². The second kappa shape index (κ2) is 12.0. The van der Waals surface area contributed by atoms with Gasteiger partial charge in [0.05, 0.1) is 27.2 Å². The molecule has 0 aliphatic rings. The lowest BCUT2D eigenvalue weighted by molar-refractivity contribution is 0.0954. The first-order valence-corrected chi connectivity index (χ1v) is 13.6. The molecule has 38 heavy (non-hydrogen) atoms. The maximum atomic E-state index is 13.6. The van der Waals surface area contributed by atoms with Crippen LogP contribution in [0, 0.1) is 11.3 Å². The molecule has 0 unspecified atom stereocenters. The van der Waals surface area contributed by atoms with Crippen molar-refractivity contribution in [3.8, 4) is 11.8 Å². The summed E-state index contributed by atoms with van der Waals surface area (Å²) in [6.45, 7) is 0.377. The lowest BCUT2D eigenvalue weighted by Crippen LogP contribution is -2.34. The Morgan fingerprint density at radius 3 is 2.24 bits per heavy atom. The smallest absolute Gasteiger partial charge is 0.295 e. The van der Waals surface area contributed by atoms with Crippen LogP contribution in [0.1, 0.15) is 21.5 Å². The number of sulfonamides is 1. The molecule has 10 heteroatoms. The van der Waals surface area contributed by atoms with Crippen LogP contribution in [0.5, 0.6) is 5.75 Å². The van der Waals surface area contributed by atoms with E-state index < -0.39 is 10.0 Å². The Morgan fingerprint density at radius 1 is 0.921 bits per heavy atom. The molecule has 0 radical (unpaired) electrons. The number of nitriles is 1. The predicted molar refractivity (Wildman–Crippen MR) is 147 cm³/mol. The lowest BCUT2D eigenvalue weighted by atomic mass is 10.1. The van der Waals surface area contributed by atoms with Crippen LogP contribution in [0.4, 0.5) is 5.69 Å². The number of rotatable bonds is 9. The molecule has 0 fully saturated rings. The SMILES string of the molecule is N#Cc1ccc(CCNC(=O)c2ccc(S(=O)(=O)N(Oc3ccc(Cl)cc3Cl)c3ccccc3)cc2)cc1. The standard InChI is InChI=1S/C28H21Cl2N3O4S/c29-23-12-15-27(26(30)18-23)37-33(24-4-2-1-3-5-24)38(35,36)25-13-10-22(11-14-25)28(34)32-17-16-20-6-8-21(19-31)9-7-20/h1-15,18H,16-17H2,(H,32,34). The summed E-state index contributed by atoms with van der Waals surface area (Å²) in [6, 6.07) is 27.4. The van der Waals surface area contributed by atoms with Gasteiger partial charge in [0.25, 0.3) is 15.9 Å². The van der Waals surface area contributed by atoms with Gasteiger partial charge >= 0.3 is 0 Å². The van der Waals surface area contributed by atoms with E-state index in [0.29, 0.717) is 29.1 Å². The number of hydrogen-bond acceptors (Lipinski definition) is 5. The van der Waals surface area contributed by atoms with Gasteiger partial charge in [-0.1, -0.05) is 58.0 Å². The molecule has 0 aliphatic carbocycles. The summed E-state index contributed by atoms with van der Waals surface area (Å²) < 4.78 is 27.9. The Hall–Kier alpha value is -4.03. The van der Waals surface area contributed by atoms with Gasteiger partial charge in [-0.2, -0.15) is 13.7 Å². The number of carbonyl (C=O) groups excluding carboxylic acids is 1. The zero-order valence-corrected chi connectivity index (χ0v) is 22.2. The average Bonchev–Trinajstić information content (AvgIpc) is 2.93. The summed E-state index contributed by atoms with van der Waals surface area (Å²) in [4.78, 5) is 18.3. The van der Waals surface area contributed by atoms with Gasteiger partial charge in [0.2, 0.25) is 0 Å². The summed E-state index contributed by atoms with van der Waals surface area (Å²) in [6.07, 6.45) is 0.584. The molecule has 0 aliphatic heterocycles. The summed E-state index contributed by atoms with van der Waals surface area (Å²) in [5.74, 6) is -0.242. The first kappa shape index (κ1) is 27.0. The van der Waals surface area contributed by atoms with Crippen molar-refractivity contribution in [2.24, 2.45) is 0 Å². The summed E-state index contributed by atoms with van der Waals surface area (Å²) >= 11 is 12.2. The van der Waals surface area contributed by atoms with E-state index in [0.717, 1.165) is 10.0 Å². The van der Waals surface area contributed by atoms with E-state index in [-0.39, 0.29) is 27.3 Å². The second-order valence-corrected chi connectivity index (χ2v) is 10.7. The monoisotopic (exact) mass is 565 g/mol. The first-order chi connectivity index (χ1) is 18.3. The molecule has 0 bridgehead atoms. The van der Waals surface area contributed by atoms with Gasteiger partial charge in [0.1, 0.15) is 0 Å². The minimum atomic E-state index is -4.22. The van der Waals surface area contributed by atoms with Gasteiger partial charge < -0.3 is 10.2 Å². The van der Waals surface area contributed by atoms with Crippen molar-refractivity contribution in [1.29, 1.82) is 5.26 Å². The van der Waals surface area contributed by atoms with Gasteiger partial charge in [0, 0.05) is 17.1 Å². The molecule has 4 rings (SSSR count). The summed E-state index contributed by atoms with van der Waals surface area (Å²) in [5.41, 5.74) is 2.10. The van der Waals surface area contributed by atoms with Gasteiger partial charge in [-0.25, -0.2) is 0 Å². The highest BCUT2D eigenvalue weighted by Gasteiger charge is 2.28. The molecule has 1 N–H and O–H groups in total. The van der Waals surface area contributed by atoms with Gasteiger partial charge in [-0.05, 0) is 78.7 Å². The van der Waals surface area contributed by atoms with Crippen LogP contribution in [0.2, 0.25) is 10.0 Å². The number of para-hydroxylation sites is 1. The number of amides is 1. The minimum absolute atomic E-state index is 0.0828. The second-order valence-electron chi connectivity index (χ2n) is 8.07. The molecular weight excluding hydrogens is 545 g/mol. The number of anilines is 1. The minimum Gasteiger partial charge on any atom is -0.363 e. The molecule has 1 amide bonds. The third-order valence-corrected chi connectivity index (χ3v) is 7.58. The highest BCUT2D eigenvalue weighted by molar-refractivity contribution is 7.92. The number of hydrogen-bond donors (Lipinski definition) is 1. The topological polar surface area (TPSA) is 99.5 Å². The van der Waals surface area contributed by atoms with Crippen molar-refractivity contribution in [1.82, 2.24) is 5.32 Å². The molecule has 0 atom stereocenters. The van der Waals surface area contributed by atoms with Crippen LogP contribution in [-0.2, 0) is 16.4 Å². The van der Waals surface area contributed by atoms with Crippen molar-refractivity contribution in [2.45, 2.75) is 11.3 Å². The van der Waals surface area contributed by atoms with Crippen LogP contribution in [0.15, 0.2) is 102 Å². The number of nitrogens with one attached hydrogen (secondary N) is 1. The van der Waals surface area contributed by atoms with E-state index in [4.69, 9.17) is 33.3 Å². The van der Waals surface area contributed by atoms with Crippen molar-refractivity contribution in [2.75, 3.05) is 11.0 Å². The van der Waals surface area contributed by atoms with Crippen LogP contribution < -0.4 is 14.6 Å². The number of carbonyl (C=O) groups is 1. The molecule has 0 heterocycles. The fourth-order valence-electron chi connectivity index (χ4n) is 3.47. The number of nitrogens with zero attached hydrogens (tertiary/aromatic N) is 2. The third kappa shape index (κ3) is 6.45. The van der Waals surface area contributed by atoms with E-state index in [9.17, 15) is 13.2 Å². The Labute approximate surface area is 230 Å². The molecule has 4 aromatic carbocycles. The van der Waals surface area contributed by atoms with Crippen molar-refractivity contribution in [3.63, 3.8) is 0 Å². The zero-order valence-electron chi connectivity index (χ0n) is 19.8. The molecule has 4 aromatic rings. The molecule has 192 valence electrons. The van der Waals surface area contributed by atoms with Gasteiger partial charge in [-0.3, -0.25) is 4.79 Å². The first-order valence-electron chi connectivity index (χ1n) is 11.4. The van der Waals surface area contributed by atoms with Crippen molar-refractivity contribution >= 4 is 44.8 Å². The fraction of sp³-hybridized carbons (Fsp3) is 0.0714. The normalized spacial score (nSPS) is 10.9.